The molecule has 150 valence electrons. The molecule has 2 nitrogen and oxygen atoms in total. The summed E-state index contributed by atoms with van der Waals surface area (Å²) in [4.78, 5) is 0. The van der Waals surface area contributed by atoms with Crippen LogP contribution in [0.25, 0.3) is 22.4 Å². The Morgan fingerprint density at radius 2 is 1.62 bits per heavy atom. The van der Waals surface area contributed by atoms with Crippen LogP contribution in [0.3, 0.4) is 0 Å². The average molecular weight is 406 g/mol. The quantitative estimate of drug-likeness (QED) is 0.261. The molecule has 0 unspecified atom stereocenters. The SMILES string of the molecule is C=CCOc1ccc(C(F)=C(F)c2ccc3cc(OC)c(F)c(F)c3c2F)cc1. The molecule has 0 aliphatic heterocycles. The van der Waals surface area contributed by atoms with E-state index in [-0.39, 0.29) is 17.6 Å². The van der Waals surface area contributed by atoms with Crippen LogP contribution in [-0.2, 0) is 0 Å². The maximum absolute atomic E-state index is 14.8. The minimum absolute atomic E-state index is 0.0565. The van der Waals surface area contributed by atoms with Gasteiger partial charge in [0.15, 0.2) is 23.2 Å². The summed E-state index contributed by atoms with van der Waals surface area (Å²) in [7, 11) is 1.12. The van der Waals surface area contributed by atoms with Crippen molar-refractivity contribution < 1.29 is 31.4 Å². The van der Waals surface area contributed by atoms with Crippen molar-refractivity contribution in [2.75, 3.05) is 13.7 Å². The van der Waals surface area contributed by atoms with Crippen molar-refractivity contribution in [1.29, 1.82) is 0 Å². The summed E-state index contributed by atoms with van der Waals surface area (Å²) in [5.41, 5.74) is -1.00. The monoisotopic (exact) mass is 406 g/mol. The van der Waals surface area contributed by atoms with E-state index < -0.39 is 45.8 Å². The number of fused-ring (bicyclic) bond motifs is 1. The van der Waals surface area contributed by atoms with Gasteiger partial charge >= 0.3 is 0 Å². The van der Waals surface area contributed by atoms with Gasteiger partial charge in [0, 0.05) is 11.1 Å². The molecule has 0 spiro atoms. The second kappa shape index (κ2) is 8.34. The van der Waals surface area contributed by atoms with Crippen LogP contribution in [0.15, 0.2) is 55.1 Å². The minimum atomic E-state index is -1.55. The molecule has 3 rings (SSSR count). The first-order valence-electron chi connectivity index (χ1n) is 8.43. The number of benzene rings is 3. The Balaban J connectivity index is 2.08. The predicted octanol–water partition coefficient (Wildman–Crippen LogP) is 6.60. The molecule has 0 amide bonds. The fourth-order valence-corrected chi connectivity index (χ4v) is 2.77. The normalized spacial score (nSPS) is 11.9. The molecule has 0 atom stereocenters. The largest absolute Gasteiger partial charge is 0.494 e. The van der Waals surface area contributed by atoms with Gasteiger partial charge < -0.3 is 9.47 Å². The van der Waals surface area contributed by atoms with Crippen LogP contribution in [0.4, 0.5) is 22.0 Å². The summed E-state index contributed by atoms with van der Waals surface area (Å²) in [6.45, 7) is 3.73. The molecule has 0 N–H and O–H groups in total. The summed E-state index contributed by atoms with van der Waals surface area (Å²) in [5.74, 6) is -7.30. The summed E-state index contributed by atoms with van der Waals surface area (Å²) >= 11 is 0. The second-order valence-corrected chi connectivity index (χ2v) is 5.98. The Hall–Kier alpha value is -3.35. The fourth-order valence-electron chi connectivity index (χ4n) is 2.77. The number of rotatable bonds is 6. The lowest BCUT2D eigenvalue weighted by molar-refractivity contribution is 0.363. The van der Waals surface area contributed by atoms with E-state index in [1.807, 2.05) is 0 Å². The predicted molar refractivity (Wildman–Crippen MR) is 102 cm³/mol. The van der Waals surface area contributed by atoms with E-state index in [9.17, 15) is 22.0 Å². The minimum Gasteiger partial charge on any atom is -0.494 e. The Morgan fingerprint density at radius 3 is 2.24 bits per heavy atom. The lowest BCUT2D eigenvalue weighted by Gasteiger charge is -2.10. The van der Waals surface area contributed by atoms with Crippen LogP contribution < -0.4 is 9.47 Å². The van der Waals surface area contributed by atoms with Crippen LogP contribution in [-0.4, -0.2) is 13.7 Å². The Kier molecular flexibility index (Phi) is 5.87. The standard InChI is InChI=1S/C22H15F5O2/c1-3-10-29-14-7-4-12(5-8-14)18(23)20(25)15-9-6-13-11-16(28-2)21(26)22(27)17(13)19(15)24/h3-9,11H,1,10H2,2H3. The van der Waals surface area contributed by atoms with Gasteiger partial charge in [0.1, 0.15) is 18.2 Å². The van der Waals surface area contributed by atoms with Gasteiger partial charge in [-0.15, -0.1) is 0 Å². The molecule has 0 aliphatic rings. The van der Waals surface area contributed by atoms with E-state index in [1.165, 1.54) is 30.3 Å². The molecule has 0 saturated carbocycles. The summed E-state index contributed by atoms with van der Waals surface area (Å²) in [5, 5.41) is -0.851. The van der Waals surface area contributed by atoms with Crippen LogP contribution in [0.2, 0.25) is 0 Å². The van der Waals surface area contributed by atoms with Crippen molar-refractivity contribution in [2.24, 2.45) is 0 Å². The number of halogens is 5. The molecule has 29 heavy (non-hydrogen) atoms. The van der Waals surface area contributed by atoms with Gasteiger partial charge in [-0.2, -0.15) is 4.39 Å². The highest BCUT2D eigenvalue weighted by Crippen LogP contribution is 2.36. The third-order valence-corrected chi connectivity index (χ3v) is 4.21. The average Bonchev–Trinajstić information content (AvgIpc) is 2.74. The molecule has 0 heterocycles. The maximum atomic E-state index is 14.8. The first-order valence-corrected chi connectivity index (χ1v) is 8.43. The van der Waals surface area contributed by atoms with Gasteiger partial charge in [-0.1, -0.05) is 18.7 Å². The molecule has 0 saturated heterocycles. The molecular weight excluding hydrogens is 391 g/mol. The van der Waals surface area contributed by atoms with Crippen LogP contribution in [0.5, 0.6) is 11.5 Å². The summed E-state index contributed by atoms with van der Waals surface area (Å²) in [6.07, 6.45) is 1.52. The molecule has 0 bridgehead atoms. The van der Waals surface area contributed by atoms with Crippen molar-refractivity contribution in [3.8, 4) is 11.5 Å². The van der Waals surface area contributed by atoms with E-state index >= 15 is 0 Å². The van der Waals surface area contributed by atoms with E-state index in [1.54, 1.807) is 0 Å². The zero-order valence-electron chi connectivity index (χ0n) is 15.2. The Morgan fingerprint density at radius 1 is 0.931 bits per heavy atom. The number of methoxy groups -OCH3 is 1. The number of hydrogen-bond donors (Lipinski definition) is 0. The van der Waals surface area contributed by atoms with Crippen molar-refractivity contribution >= 4 is 22.4 Å². The Bertz CT molecular complexity index is 1100. The van der Waals surface area contributed by atoms with Gasteiger partial charge in [0.05, 0.1) is 12.5 Å². The van der Waals surface area contributed by atoms with Gasteiger partial charge in [0.2, 0.25) is 5.82 Å². The topological polar surface area (TPSA) is 18.5 Å². The van der Waals surface area contributed by atoms with Gasteiger partial charge in [-0.05, 0) is 41.8 Å². The molecule has 0 radical (unpaired) electrons. The highest BCUT2D eigenvalue weighted by molar-refractivity contribution is 5.91. The van der Waals surface area contributed by atoms with E-state index in [0.717, 1.165) is 25.3 Å². The van der Waals surface area contributed by atoms with E-state index in [0.29, 0.717) is 5.75 Å². The van der Waals surface area contributed by atoms with Gasteiger partial charge in [-0.3, -0.25) is 0 Å². The van der Waals surface area contributed by atoms with Crippen LogP contribution in [0.1, 0.15) is 11.1 Å². The Labute approximate surface area is 163 Å². The van der Waals surface area contributed by atoms with Crippen LogP contribution in [0, 0.1) is 17.5 Å². The smallest absolute Gasteiger partial charge is 0.201 e. The highest BCUT2D eigenvalue weighted by Gasteiger charge is 2.22. The van der Waals surface area contributed by atoms with Crippen molar-refractivity contribution in [3.05, 3.63) is 83.7 Å². The highest BCUT2D eigenvalue weighted by atomic mass is 19.2. The van der Waals surface area contributed by atoms with E-state index in [2.05, 4.69) is 11.3 Å². The van der Waals surface area contributed by atoms with Crippen molar-refractivity contribution in [3.63, 3.8) is 0 Å². The van der Waals surface area contributed by atoms with Gasteiger partial charge in [0.25, 0.3) is 0 Å². The lowest BCUT2D eigenvalue weighted by atomic mass is 10.0. The second-order valence-electron chi connectivity index (χ2n) is 5.98. The van der Waals surface area contributed by atoms with Crippen LogP contribution >= 0.6 is 0 Å². The molecule has 0 aliphatic carbocycles. The fraction of sp³-hybridized carbons (Fsp3) is 0.0909. The number of hydrogen-bond acceptors (Lipinski definition) is 2. The molecular formula is C22H15F5O2. The van der Waals surface area contributed by atoms with E-state index in [4.69, 9.17) is 4.74 Å². The zero-order valence-corrected chi connectivity index (χ0v) is 15.2. The van der Waals surface area contributed by atoms with Gasteiger partial charge in [-0.25, -0.2) is 17.6 Å². The lowest BCUT2D eigenvalue weighted by Crippen LogP contribution is -1.98. The number of ether oxygens (including phenoxy) is 2. The first kappa shape index (κ1) is 20.4. The third kappa shape index (κ3) is 3.81. The molecule has 0 fully saturated rings. The summed E-state index contributed by atoms with van der Waals surface area (Å²) in [6, 6.07) is 8.48. The molecule has 7 heteroatoms. The van der Waals surface area contributed by atoms with Crippen molar-refractivity contribution in [2.45, 2.75) is 0 Å². The zero-order chi connectivity index (χ0) is 21.1. The molecule has 3 aromatic rings. The third-order valence-electron chi connectivity index (χ3n) is 4.21. The molecule has 0 aromatic heterocycles. The maximum Gasteiger partial charge on any atom is 0.201 e. The first-order chi connectivity index (χ1) is 13.9. The molecule has 3 aromatic carbocycles. The van der Waals surface area contributed by atoms with Crippen molar-refractivity contribution in [1.82, 2.24) is 0 Å². The summed E-state index contributed by atoms with van der Waals surface area (Å²) < 4.78 is 82.1.